The van der Waals surface area contributed by atoms with Crippen molar-refractivity contribution in [3.8, 4) is 0 Å². The number of ether oxygens (including phenoxy) is 1. The van der Waals surface area contributed by atoms with Crippen LogP contribution in [0.4, 0.5) is 16.5 Å². The number of hydrogen-bond acceptors (Lipinski definition) is 4. The van der Waals surface area contributed by atoms with E-state index in [9.17, 15) is 0 Å². The molecule has 24 heavy (non-hydrogen) atoms. The van der Waals surface area contributed by atoms with E-state index < -0.39 is 0 Å². The monoisotopic (exact) mass is 459 g/mol. The maximum atomic E-state index is 5.81. The highest BCUT2D eigenvalue weighted by atomic mass is 127. The molecule has 1 aromatic carbocycles. The maximum Gasteiger partial charge on any atom is 0.339 e. The number of nitrogens with zero attached hydrogens (tertiary/aromatic N) is 2. The smallest absolute Gasteiger partial charge is 0.339 e. The molecule has 2 heterocycles. The molecule has 0 aliphatic carbocycles. The zero-order chi connectivity index (χ0) is 16.4. The van der Waals surface area contributed by atoms with Gasteiger partial charge in [0.25, 0.3) is 0 Å². The molecule has 4 nitrogen and oxygen atoms in total. The van der Waals surface area contributed by atoms with Crippen LogP contribution >= 0.6 is 11.3 Å². The Morgan fingerprint density at radius 3 is 2.42 bits per heavy atom. The average Bonchev–Trinajstić information content (AvgIpc) is 2.87. The molecule has 1 fully saturated rings. The number of anilines is 3. The number of aryl methyl sites for hydroxylation is 1. The molecule has 1 N–H and O–H groups in total. The van der Waals surface area contributed by atoms with Crippen molar-refractivity contribution >= 4 is 27.8 Å². The lowest BCUT2D eigenvalue weighted by Gasteiger charge is -2.36. The number of thiazole rings is 1. The maximum absolute atomic E-state index is 5.81. The molecule has 2 atom stereocenters. The molecule has 0 bridgehead atoms. The van der Waals surface area contributed by atoms with Gasteiger partial charge in [0.1, 0.15) is 11.4 Å². The van der Waals surface area contributed by atoms with Gasteiger partial charge in [-0.15, -0.1) is 0 Å². The molecule has 1 saturated heterocycles. The summed E-state index contributed by atoms with van der Waals surface area (Å²) in [6, 6.07) is 8.72. The van der Waals surface area contributed by atoms with Crippen LogP contribution in [0, 0.1) is 6.92 Å². The predicted octanol–water partition coefficient (Wildman–Crippen LogP) is 0.725. The average molecular weight is 459 g/mol. The van der Waals surface area contributed by atoms with Crippen LogP contribution in [0.15, 0.2) is 29.6 Å². The van der Waals surface area contributed by atoms with Gasteiger partial charge in [0.05, 0.1) is 18.8 Å². The van der Waals surface area contributed by atoms with E-state index in [0.717, 1.165) is 25.3 Å². The number of nitrogens with one attached hydrogen (secondary N) is 1. The summed E-state index contributed by atoms with van der Waals surface area (Å²) in [5.74, 6) is 0. The third-order valence-electron chi connectivity index (χ3n) is 4.23. The summed E-state index contributed by atoms with van der Waals surface area (Å²) in [5.41, 5.74) is 3.70. The lowest BCUT2D eigenvalue weighted by Crippen LogP contribution is -3.00. The Kier molecular flexibility index (Phi) is 6.88. The molecule has 2 aromatic rings. The van der Waals surface area contributed by atoms with Crippen molar-refractivity contribution < 1.29 is 33.3 Å². The molecule has 2 unspecified atom stereocenters. The summed E-state index contributed by atoms with van der Waals surface area (Å²) in [4.78, 5) is 2.41. The van der Waals surface area contributed by atoms with Crippen LogP contribution < -0.4 is 38.8 Å². The molecule has 3 rings (SSSR count). The Labute approximate surface area is 165 Å². The molecule has 132 valence electrons. The first-order valence-electron chi connectivity index (χ1n) is 8.32. The Hall–Kier alpha value is -0.860. The number of morpholine rings is 1. The molecule has 0 spiro atoms. The van der Waals surface area contributed by atoms with Gasteiger partial charge in [0.15, 0.2) is 0 Å². The van der Waals surface area contributed by atoms with Gasteiger partial charge in [0, 0.05) is 24.2 Å². The number of aromatic nitrogens is 1. The Bertz CT molecular complexity index is 649. The fourth-order valence-electron chi connectivity index (χ4n) is 3.19. The van der Waals surface area contributed by atoms with Crippen LogP contribution in [0.25, 0.3) is 0 Å². The molecule has 0 saturated carbocycles. The van der Waals surface area contributed by atoms with Gasteiger partial charge in [-0.25, -0.2) is 9.88 Å². The predicted molar refractivity (Wildman–Crippen MR) is 96.9 cm³/mol. The quantitative estimate of drug-likeness (QED) is 0.540. The third-order valence-corrected chi connectivity index (χ3v) is 5.24. The van der Waals surface area contributed by atoms with Gasteiger partial charge >= 0.3 is 5.13 Å². The molecule has 1 aliphatic rings. The highest BCUT2D eigenvalue weighted by molar-refractivity contribution is 7.13. The first-order valence-corrected chi connectivity index (χ1v) is 9.20. The molecule has 1 aliphatic heterocycles. The van der Waals surface area contributed by atoms with Crippen molar-refractivity contribution in [2.75, 3.05) is 23.3 Å². The lowest BCUT2D eigenvalue weighted by molar-refractivity contribution is -0.681. The molecular weight excluding hydrogens is 433 g/mol. The second-order valence-corrected chi connectivity index (χ2v) is 7.12. The largest absolute Gasteiger partial charge is 1.00 e. The van der Waals surface area contributed by atoms with Crippen LogP contribution in [0.3, 0.4) is 0 Å². The van der Waals surface area contributed by atoms with Crippen molar-refractivity contribution in [3.63, 3.8) is 0 Å². The van der Waals surface area contributed by atoms with Gasteiger partial charge in [-0.3, -0.25) is 0 Å². The van der Waals surface area contributed by atoms with Crippen LogP contribution in [0.1, 0.15) is 26.5 Å². The minimum atomic E-state index is 0. The van der Waals surface area contributed by atoms with Gasteiger partial charge in [-0.05, 0) is 52.0 Å². The van der Waals surface area contributed by atoms with E-state index in [4.69, 9.17) is 4.74 Å². The fraction of sp³-hybridized carbons (Fsp3) is 0.500. The van der Waals surface area contributed by atoms with Crippen LogP contribution in [-0.4, -0.2) is 25.3 Å². The highest BCUT2D eigenvalue weighted by Crippen LogP contribution is 2.24. The number of hydrogen-bond donors (Lipinski definition) is 1. The zero-order valence-electron chi connectivity index (χ0n) is 14.8. The van der Waals surface area contributed by atoms with Crippen LogP contribution in [-0.2, 0) is 11.3 Å². The van der Waals surface area contributed by atoms with Gasteiger partial charge in [-0.2, -0.15) is 0 Å². The van der Waals surface area contributed by atoms with Gasteiger partial charge in [0.2, 0.25) is 0 Å². The first kappa shape index (κ1) is 19.5. The highest BCUT2D eigenvalue weighted by Gasteiger charge is 2.22. The van der Waals surface area contributed by atoms with Crippen molar-refractivity contribution in [1.29, 1.82) is 0 Å². The molecule has 0 radical (unpaired) electrons. The fourth-order valence-corrected chi connectivity index (χ4v) is 4.17. The summed E-state index contributed by atoms with van der Waals surface area (Å²) >= 11 is 1.75. The van der Waals surface area contributed by atoms with Gasteiger partial charge in [-0.1, -0.05) is 11.3 Å². The lowest BCUT2D eigenvalue weighted by atomic mass is 10.2. The zero-order valence-corrected chi connectivity index (χ0v) is 17.7. The minimum Gasteiger partial charge on any atom is -1.00 e. The molecule has 1 aromatic heterocycles. The van der Waals surface area contributed by atoms with E-state index in [1.807, 2.05) is 0 Å². The second kappa shape index (κ2) is 8.49. The van der Waals surface area contributed by atoms with E-state index >= 15 is 0 Å². The number of halogens is 1. The SMILES string of the molecule is CC[n+]1c(C)csc1Nc1ccc(N2CC(C)OC(C)C2)cc1.[I-]. The van der Waals surface area contributed by atoms with Crippen molar-refractivity contribution in [2.24, 2.45) is 0 Å². The van der Waals surface area contributed by atoms with Gasteiger partial charge < -0.3 is 33.6 Å². The molecular formula is C18H26IN3OS. The Balaban J connectivity index is 0.00000208. The van der Waals surface area contributed by atoms with Crippen LogP contribution in [0.2, 0.25) is 0 Å². The van der Waals surface area contributed by atoms with Crippen molar-refractivity contribution in [3.05, 3.63) is 35.3 Å². The first-order chi connectivity index (χ1) is 11.1. The summed E-state index contributed by atoms with van der Waals surface area (Å²) < 4.78 is 8.11. The normalized spacial score (nSPS) is 20.6. The topological polar surface area (TPSA) is 28.4 Å². The molecule has 6 heteroatoms. The molecule has 0 amide bonds. The summed E-state index contributed by atoms with van der Waals surface area (Å²) in [5, 5.41) is 6.91. The standard InChI is InChI=1S/C18H25N3OS.HI/c1-5-21-13(2)12-23-18(21)19-16-6-8-17(9-7-16)20-10-14(3)22-15(4)11-20;/h6-9,12,14-15H,5,10-11H2,1-4H3;1H. The Morgan fingerprint density at radius 2 is 1.83 bits per heavy atom. The number of benzene rings is 1. The Morgan fingerprint density at radius 1 is 1.21 bits per heavy atom. The number of rotatable bonds is 4. The van der Waals surface area contributed by atoms with Crippen molar-refractivity contribution in [2.45, 2.75) is 46.4 Å². The minimum absolute atomic E-state index is 0. The second-order valence-electron chi connectivity index (χ2n) is 6.26. The van der Waals surface area contributed by atoms with E-state index in [2.05, 4.69) is 72.1 Å². The summed E-state index contributed by atoms with van der Waals surface area (Å²) in [6.45, 7) is 11.5. The van der Waals surface area contributed by atoms with E-state index in [1.54, 1.807) is 11.3 Å². The van der Waals surface area contributed by atoms with Crippen molar-refractivity contribution in [1.82, 2.24) is 0 Å². The summed E-state index contributed by atoms with van der Waals surface area (Å²) in [6.07, 6.45) is 0.573. The third kappa shape index (κ3) is 4.40. The van der Waals surface area contributed by atoms with E-state index in [-0.39, 0.29) is 36.2 Å². The van der Waals surface area contributed by atoms with E-state index in [1.165, 1.54) is 16.5 Å². The van der Waals surface area contributed by atoms with Crippen LogP contribution in [0.5, 0.6) is 0 Å². The summed E-state index contributed by atoms with van der Waals surface area (Å²) in [7, 11) is 0. The van der Waals surface area contributed by atoms with E-state index in [0.29, 0.717) is 0 Å².